The van der Waals surface area contributed by atoms with E-state index in [4.69, 9.17) is 0 Å². The van der Waals surface area contributed by atoms with Crippen LogP contribution in [-0.4, -0.2) is 11.9 Å². The first-order chi connectivity index (χ1) is 11.5. The van der Waals surface area contributed by atoms with Crippen LogP contribution in [0.5, 0.6) is 0 Å². The predicted octanol–water partition coefficient (Wildman–Crippen LogP) is 5.38. The smallest absolute Gasteiger partial charge is 0.250 e. The lowest BCUT2D eigenvalue weighted by Gasteiger charge is -2.29. The number of para-hydroxylation sites is 1. The quantitative estimate of drug-likeness (QED) is 0.694. The number of nitrogens with one attached hydrogen (secondary N) is 1. The summed E-state index contributed by atoms with van der Waals surface area (Å²) in [5.74, 6) is 0.464. The Hall–Kier alpha value is -2.55. The van der Waals surface area contributed by atoms with Crippen molar-refractivity contribution in [3.8, 4) is 0 Å². The molecule has 126 valence electrons. The number of carbonyl (C=O) groups excluding carboxylic acids is 1. The largest absolute Gasteiger partial charge is 0.356 e. The lowest BCUT2D eigenvalue weighted by Crippen LogP contribution is -2.38. The van der Waals surface area contributed by atoms with Crippen LogP contribution in [0.1, 0.15) is 27.2 Å². The molecule has 2 aromatic carbocycles. The van der Waals surface area contributed by atoms with Gasteiger partial charge in [0.1, 0.15) is 0 Å². The summed E-state index contributed by atoms with van der Waals surface area (Å²) in [7, 11) is 0. The first kappa shape index (κ1) is 17.8. The van der Waals surface area contributed by atoms with E-state index >= 15 is 0 Å². The third-order valence-electron chi connectivity index (χ3n) is 3.87. The van der Waals surface area contributed by atoms with Crippen molar-refractivity contribution in [1.82, 2.24) is 0 Å². The Kier molecular flexibility index (Phi) is 6.19. The van der Waals surface area contributed by atoms with Crippen molar-refractivity contribution in [2.75, 3.05) is 10.2 Å². The molecular weight excluding hydrogens is 296 g/mol. The van der Waals surface area contributed by atoms with Crippen LogP contribution in [0.4, 0.5) is 17.1 Å². The van der Waals surface area contributed by atoms with Gasteiger partial charge in [0.05, 0.1) is 0 Å². The summed E-state index contributed by atoms with van der Waals surface area (Å²) < 4.78 is 0. The average Bonchev–Trinajstić information content (AvgIpc) is 2.56. The molecule has 2 aromatic rings. The van der Waals surface area contributed by atoms with E-state index in [-0.39, 0.29) is 11.9 Å². The lowest BCUT2D eigenvalue weighted by molar-refractivity contribution is -0.114. The minimum Gasteiger partial charge on any atom is -0.356 e. The molecule has 1 N–H and O–H groups in total. The van der Waals surface area contributed by atoms with E-state index in [0.717, 1.165) is 23.5 Å². The molecule has 0 aliphatic rings. The fourth-order valence-electron chi connectivity index (χ4n) is 2.88. The van der Waals surface area contributed by atoms with Gasteiger partial charge in [-0.05, 0) is 61.7 Å². The van der Waals surface area contributed by atoms with E-state index in [0.29, 0.717) is 5.92 Å². The van der Waals surface area contributed by atoms with E-state index in [1.165, 1.54) is 6.08 Å². The number of hydrogen-bond acceptors (Lipinski definition) is 2. The molecule has 0 aromatic heterocycles. The van der Waals surface area contributed by atoms with E-state index < -0.39 is 0 Å². The molecule has 0 heterocycles. The zero-order chi connectivity index (χ0) is 17.5. The lowest BCUT2D eigenvalue weighted by atomic mass is 10.0. The summed E-state index contributed by atoms with van der Waals surface area (Å²) in [6, 6.07) is 18.1. The van der Waals surface area contributed by atoms with Gasteiger partial charge in [-0.15, -0.1) is 0 Å². The Bertz CT molecular complexity index is 662. The number of nitrogens with zero attached hydrogens (tertiary/aromatic N) is 1. The highest BCUT2D eigenvalue weighted by atomic mass is 16.2. The van der Waals surface area contributed by atoms with Crippen molar-refractivity contribution in [2.45, 2.75) is 33.2 Å². The topological polar surface area (TPSA) is 32.3 Å². The van der Waals surface area contributed by atoms with Crippen molar-refractivity contribution in [3.05, 3.63) is 67.3 Å². The predicted molar refractivity (Wildman–Crippen MR) is 103 cm³/mol. The zero-order valence-corrected chi connectivity index (χ0v) is 14.7. The molecule has 0 aliphatic carbocycles. The standard InChI is InChI=1S/C21H26N2O/c1-5-21(24)23(17(4)15-16(2)3)20-13-11-19(12-14-20)22-18-9-7-6-8-10-18/h5-14,16-17,22H,1,15H2,2-4H3. The third kappa shape index (κ3) is 4.72. The van der Waals surface area contributed by atoms with Crippen molar-refractivity contribution in [1.29, 1.82) is 0 Å². The molecule has 2 rings (SSSR count). The molecule has 1 unspecified atom stereocenters. The van der Waals surface area contributed by atoms with Gasteiger partial charge < -0.3 is 10.2 Å². The first-order valence-corrected chi connectivity index (χ1v) is 8.39. The van der Waals surface area contributed by atoms with Crippen LogP contribution in [-0.2, 0) is 4.79 Å². The fraction of sp³-hybridized carbons (Fsp3) is 0.286. The molecule has 0 saturated carbocycles. The summed E-state index contributed by atoms with van der Waals surface area (Å²) in [5.41, 5.74) is 2.93. The highest BCUT2D eigenvalue weighted by Crippen LogP contribution is 2.25. The van der Waals surface area contributed by atoms with E-state index in [1.54, 1.807) is 0 Å². The summed E-state index contributed by atoms with van der Waals surface area (Å²) in [6.07, 6.45) is 2.33. The molecule has 0 saturated heterocycles. The summed E-state index contributed by atoms with van der Waals surface area (Å²) in [4.78, 5) is 14.1. The Labute approximate surface area is 145 Å². The monoisotopic (exact) mass is 322 g/mol. The van der Waals surface area contributed by atoms with Gasteiger partial charge in [0.25, 0.3) is 5.91 Å². The SMILES string of the molecule is C=CC(=O)N(c1ccc(Nc2ccccc2)cc1)C(C)CC(C)C. The van der Waals surface area contributed by atoms with Gasteiger partial charge in [-0.25, -0.2) is 0 Å². The van der Waals surface area contributed by atoms with Crippen molar-refractivity contribution >= 4 is 23.0 Å². The van der Waals surface area contributed by atoms with Crippen molar-refractivity contribution < 1.29 is 4.79 Å². The second-order valence-corrected chi connectivity index (χ2v) is 6.43. The maximum atomic E-state index is 12.3. The Morgan fingerprint density at radius 1 is 1.04 bits per heavy atom. The van der Waals surface area contributed by atoms with Gasteiger partial charge in [-0.3, -0.25) is 4.79 Å². The number of anilines is 3. The van der Waals surface area contributed by atoms with Gasteiger partial charge in [0, 0.05) is 23.1 Å². The molecular formula is C21H26N2O. The molecule has 1 amide bonds. The van der Waals surface area contributed by atoms with Gasteiger partial charge >= 0.3 is 0 Å². The highest BCUT2D eigenvalue weighted by molar-refractivity contribution is 6.01. The second kappa shape index (κ2) is 8.34. The van der Waals surface area contributed by atoms with E-state index in [9.17, 15) is 4.79 Å². The maximum Gasteiger partial charge on any atom is 0.250 e. The van der Waals surface area contributed by atoms with E-state index in [1.807, 2.05) is 59.5 Å². The molecule has 0 fully saturated rings. The number of rotatable bonds is 7. The molecule has 0 radical (unpaired) electrons. The van der Waals surface area contributed by atoms with Crippen molar-refractivity contribution in [3.63, 3.8) is 0 Å². The second-order valence-electron chi connectivity index (χ2n) is 6.43. The molecule has 0 bridgehead atoms. The van der Waals surface area contributed by atoms with Crippen LogP contribution in [0.25, 0.3) is 0 Å². The van der Waals surface area contributed by atoms with Crippen LogP contribution in [0.2, 0.25) is 0 Å². The first-order valence-electron chi connectivity index (χ1n) is 8.39. The van der Waals surface area contributed by atoms with Crippen LogP contribution in [0.15, 0.2) is 67.3 Å². The van der Waals surface area contributed by atoms with Crippen LogP contribution in [0, 0.1) is 5.92 Å². The Balaban J connectivity index is 2.18. The van der Waals surface area contributed by atoms with Gasteiger partial charge in [0.15, 0.2) is 0 Å². The Morgan fingerprint density at radius 2 is 1.62 bits per heavy atom. The third-order valence-corrected chi connectivity index (χ3v) is 3.87. The molecule has 0 aliphatic heterocycles. The highest BCUT2D eigenvalue weighted by Gasteiger charge is 2.20. The summed E-state index contributed by atoms with van der Waals surface area (Å²) >= 11 is 0. The van der Waals surface area contributed by atoms with Crippen LogP contribution >= 0.6 is 0 Å². The van der Waals surface area contributed by atoms with Gasteiger partial charge in [0.2, 0.25) is 0 Å². The molecule has 3 nitrogen and oxygen atoms in total. The number of amides is 1. The Morgan fingerprint density at radius 3 is 2.17 bits per heavy atom. The summed E-state index contributed by atoms with van der Waals surface area (Å²) in [5, 5.41) is 3.35. The average molecular weight is 322 g/mol. The summed E-state index contributed by atoms with van der Waals surface area (Å²) in [6.45, 7) is 10.1. The van der Waals surface area contributed by atoms with Crippen LogP contribution in [0.3, 0.4) is 0 Å². The minimum absolute atomic E-state index is 0.0630. The fourth-order valence-corrected chi connectivity index (χ4v) is 2.88. The van der Waals surface area contributed by atoms with Gasteiger partial charge in [-0.1, -0.05) is 38.6 Å². The number of hydrogen-bond donors (Lipinski definition) is 1. The number of benzene rings is 2. The maximum absolute atomic E-state index is 12.3. The van der Waals surface area contributed by atoms with Gasteiger partial charge in [-0.2, -0.15) is 0 Å². The van der Waals surface area contributed by atoms with Crippen molar-refractivity contribution in [2.24, 2.45) is 5.92 Å². The normalized spacial score (nSPS) is 11.8. The number of carbonyl (C=O) groups is 1. The molecule has 24 heavy (non-hydrogen) atoms. The minimum atomic E-state index is -0.0630. The molecule has 3 heteroatoms. The zero-order valence-electron chi connectivity index (χ0n) is 14.7. The van der Waals surface area contributed by atoms with E-state index in [2.05, 4.69) is 32.7 Å². The van der Waals surface area contributed by atoms with Crippen LogP contribution < -0.4 is 10.2 Å². The molecule has 0 spiro atoms. The molecule has 1 atom stereocenters.